The summed E-state index contributed by atoms with van der Waals surface area (Å²) in [6.07, 6.45) is 12.7. The van der Waals surface area contributed by atoms with Crippen LogP contribution in [0.25, 0.3) is 0 Å². The molecule has 1 fully saturated rings. The highest BCUT2D eigenvalue weighted by Gasteiger charge is 2.53. The summed E-state index contributed by atoms with van der Waals surface area (Å²) in [5, 5.41) is 0. The van der Waals surface area contributed by atoms with Gasteiger partial charge in [0.05, 0.1) is 25.6 Å². The van der Waals surface area contributed by atoms with Crippen LogP contribution >= 0.6 is 7.60 Å². The summed E-state index contributed by atoms with van der Waals surface area (Å²) >= 11 is 0. The molecule has 2 aliphatic rings. The fourth-order valence-corrected chi connectivity index (χ4v) is 6.63. The van der Waals surface area contributed by atoms with Gasteiger partial charge in [-0.1, -0.05) is 58.3 Å². The highest BCUT2D eigenvalue weighted by atomic mass is 31.2. The van der Waals surface area contributed by atoms with E-state index in [2.05, 4.69) is 6.92 Å². The van der Waals surface area contributed by atoms with Gasteiger partial charge in [0.1, 0.15) is 5.66 Å². The molecule has 0 amide bonds. The summed E-state index contributed by atoms with van der Waals surface area (Å²) in [7, 11) is -3.48. The molecule has 0 aromatic heterocycles. The third kappa shape index (κ3) is 6.18. The van der Waals surface area contributed by atoms with Crippen LogP contribution < -0.4 is 0 Å². The van der Waals surface area contributed by atoms with Gasteiger partial charge >= 0.3 is 7.60 Å². The third-order valence-corrected chi connectivity index (χ3v) is 8.14. The van der Waals surface area contributed by atoms with E-state index in [1.54, 1.807) is 13.8 Å². The average molecular weight is 415 g/mol. The molecule has 1 heterocycles. The van der Waals surface area contributed by atoms with E-state index >= 15 is 0 Å². The van der Waals surface area contributed by atoms with Gasteiger partial charge in [-0.3, -0.25) is 9.36 Å². The molecule has 0 bridgehead atoms. The van der Waals surface area contributed by atoms with Crippen molar-refractivity contribution in [1.29, 1.82) is 0 Å². The number of hydrogen-bond acceptors (Lipinski definition) is 5. The minimum Gasteiger partial charge on any atom is -0.497 e. The summed E-state index contributed by atoms with van der Waals surface area (Å²) in [6, 6.07) is 0. The monoisotopic (exact) mass is 414 g/mol. The molecule has 0 saturated heterocycles. The molecule has 2 rings (SSSR count). The number of hydrogen-bond donors (Lipinski definition) is 0. The Balaban J connectivity index is 1.89. The Hall–Kier alpha value is -0.640. The van der Waals surface area contributed by atoms with Crippen molar-refractivity contribution < 1.29 is 23.1 Å². The minimum atomic E-state index is -3.48. The normalized spacial score (nSPS) is 22.0. The zero-order valence-corrected chi connectivity index (χ0v) is 18.9. The van der Waals surface area contributed by atoms with E-state index in [1.165, 1.54) is 51.4 Å². The first kappa shape index (κ1) is 23.6. The number of carbonyl (C=O) groups excluding carboxylic acids is 1. The van der Waals surface area contributed by atoms with Gasteiger partial charge in [0.25, 0.3) is 0 Å². The Kier molecular flexibility index (Phi) is 10.3. The number of ketones is 1. The molecule has 1 aliphatic carbocycles. The van der Waals surface area contributed by atoms with Crippen molar-refractivity contribution >= 4 is 13.4 Å². The molecular weight excluding hydrogens is 375 g/mol. The minimum absolute atomic E-state index is 0.0156. The van der Waals surface area contributed by atoms with Gasteiger partial charge in [-0.15, -0.1) is 0 Å². The van der Waals surface area contributed by atoms with Crippen molar-refractivity contribution in [3.63, 3.8) is 0 Å². The lowest BCUT2D eigenvalue weighted by Crippen LogP contribution is -2.20. The lowest BCUT2D eigenvalue weighted by Gasteiger charge is -2.23. The first-order chi connectivity index (χ1) is 13.6. The molecular formula is C22H39O5P. The van der Waals surface area contributed by atoms with Crippen molar-refractivity contribution in [3.05, 3.63) is 11.3 Å². The number of fused-ring (bicyclic) bond motifs is 1. The Morgan fingerprint density at radius 1 is 0.929 bits per heavy atom. The highest BCUT2D eigenvalue weighted by Crippen LogP contribution is 2.61. The van der Waals surface area contributed by atoms with Crippen LogP contribution in [0.2, 0.25) is 0 Å². The quantitative estimate of drug-likeness (QED) is 0.229. The maximum absolute atomic E-state index is 13.3. The molecule has 0 radical (unpaired) electrons. The smallest absolute Gasteiger partial charge is 0.345 e. The number of rotatable bonds is 15. The van der Waals surface area contributed by atoms with Crippen LogP contribution in [0.15, 0.2) is 11.3 Å². The number of unbranched alkanes of at least 4 members (excludes halogenated alkanes) is 8. The van der Waals surface area contributed by atoms with Crippen LogP contribution in [0.1, 0.15) is 91.4 Å². The lowest BCUT2D eigenvalue weighted by molar-refractivity contribution is -0.117. The van der Waals surface area contributed by atoms with Crippen molar-refractivity contribution in [2.75, 3.05) is 19.8 Å². The first-order valence-electron chi connectivity index (χ1n) is 11.3. The maximum atomic E-state index is 13.3. The van der Waals surface area contributed by atoms with Crippen LogP contribution in [0.5, 0.6) is 0 Å². The van der Waals surface area contributed by atoms with Gasteiger partial charge in [-0.2, -0.15) is 0 Å². The average Bonchev–Trinajstić information content (AvgIpc) is 3.19. The van der Waals surface area contributed by atoms with Crippen LogP contribution in [0.3, 0.4) is 0 Å². The summed E-state index contributed by atoms with van der Waals surface area (Å²) in [5.41, 5.74) is 0.156. The second-order valence-corrected chi connectivity index (χ2v) is 10.0. The molecule has 2 atom stereocenters. The molecule has 0 aromatic rings. The van der Waals surface area contributed by atoms with Crippen LogP contribution in [-0.2, 0) is 23.1 Å². The molecule has 5 nitrogen and oxygen atoms in total. The SMILES string of the molecule is CCCCCCCCCCCC1=C2C(CO1)CC(=O)C2P(=O)(OCC)OCC. The van der Waals surface area contributed by atoms with Crippen LogP contribution in [0, 0.1) is 5.92 Å². The zero-order valence-electron chi connectivity index (χ0n) is 18.0. The van der Waals surface area contributed by atoms with Gasteiger partial charge in [0.2, 0.25) is 0 Å². The Morgan fingerprint density at radius 3 is 2.07 bits per heavy atom. The molecule has 1 saturated carbocycles. The topological polar surface area (TPSA) is 61.8 Å². The number of carbonyl (C=O) groups is 1. The van der Waals surface area contributed by atoms with Crippen LogP contribution in [0.4, 0.5) is 0 Å². The molecule has 28 heavy (non-hydrogen) atoms. The summed E-state index contributed by atoms with van der Waals surface area (Å²) < 4.78 is 30.2. The van der Waals surface area contributed by atoms with Crippen LogP contribution in [-0.4, -0.2) is 31.3 Å². The Labute approximate surface area is 171 Å². The summed E-state index contributed by atoms with van der Waals surface area (Å²) in [4.78, 5) is 12.6. The number of allylic oxidation sites excluding steroid dienone is 1. The van der Waals surface area contributed by atoms with Crippen molar-refractivity contribution in [2.24, 2.45) is 5.92 Å². The predicted molar refractivity (Wildman–Crippen MR) is 113 cm³/mol. The van der Waals surface area contributed by atoms with Crippen molar-refractivity contribution in [3.8, 4) is 0 Å². The van der Waals surface area contributed by atoms with Gasteiger partial charge < -0.3 is 13.8 Å². The van der Waals surface area contributed by atoms with Gasteiger partial charge in [0, 0.05) is 18.8 Å². The Morgan fingerprint density at radius 2 is 1.50 bits per heavy atom. The maximum Gasteiger partial charge on any atom is 0.345 e. The van der Waals surface area contributed by atoms with E-state index in [1.807, 2.05) is 0 Å². The molecule has 6 heteroatoms. The van der Waals surface area contributed by atoms with Gasteiger partial charge in [-0.05, 0) is 25.8 Å². The molecule has 162 valence electrons. The first-order valence-corrected chi connectivity index (χ1v) is 13.0. The third-order valence-electron chi connectivity index (χ3n) is 5.71. The van der Waals surface area contributed by atoms with E-state index in [-0.39, 0.29) is 24.9 Å². The number of ether oxygens (including phenoxy) is 1. The predicted octanol–water partition coefficient (Wildman–Crippen LogP) is 6.42. The van der Waals surface area contributed by atoms with E-state index in [4.69, 9.17) is 13.8 Å². The van der Waals surface area contributed by atoms with E-state index in [0.717, 1.165) is 24.2 Å². The van der Waals surface area contributed by atoms with E-state index in [0.29, 0.717) is 13.0 Å². The fourth-order valence-electron chi connectivity index (χ4n) is 4.38. The second kappa shape index (κ2) is 12.1. The van der Waals surface area contributed by atoms with Crippen molar-refractivity contribution in [2.45, 2.75) is 97.1 Å². The standard InChI is InChI=1S/C22H39O5P/c1-4-7-8-9-10-11-12-13-14-15-20-21-18(17-25-20)16-19(23)22(21)28(24,26-5-2)27-6-3/h18,22H,4-17H2,1-3H3. The summed E-state index contributed by atoms with van der Waals surface area (Å²) in [6.45, 7) is 6.88. The van der Waals surface area contributed by atoms with Crippen molar-refractivity contribution in [1.82, 2.24) is 0 Å². The Bertz CT molecular complexity index is 561. The zero-order chi connectivity index (χ0) is 20.4. The highest BCUT2D eigenvalue weighted by molar-refractivity contribution is 7.56. The van der Waals surface area contributed by atoms with Gasteiger partial charge in [-0.25, -0.2) is 0 Å². The molecule has 2 unspecified atom stereocenters. The fraction of sp³-hybridized carbons (Fsp3) is 0.864. The molecule has 1 aliphatic heterocycles. The molecule has 0 N–H and O–H groups in total. The van der Waals surface area contributed by atoms with E-state index in [9.17, 15) is 9.36 Å². The molecule has 0 aromatic carbocycles. The molecule has 0 spiro atoms. The summed E-state index contributed by atoms with van der Waals surface area (Å²) in [5.74, 6) is 0.918. The van der Waals surface area contributed by atoms with Gasteiger partial charge in [0.15, 0.2) is 5.78 Å². The second-order valence-electron chi connectivity index (χ2n) is 7.91. The lowest BCUT2D eigenvalue weighted by atomic mass is 10.0. The van der Waals surface area contributed by atoms with E-state index < -0.39 is 13.3 Å². The largest absolute Gasteiger partial charge is 0.497 e. The number of Topliss-reactive ketones (excluding diaryl/α,β-unsaturated/α-hetero) is 1.